The highest BCUT2D eigenvalue weighted by atomic mass is 32.2. The molecule has 0 unspecified atom stereocenters. The van der Waals surface area contributed by atoms with Crippen LogP contribution in [0.1, 0.15) is 19.4 Å². The SMILES string of the molecule is COc1cc2ncnc(Sc3cccc(NC(=O)Nc4cc(-c5ccccc5C(C)(C)C#N)n[nH]4)c3)c2cc1OC. The average Bonchev–Trinajstić information content (AvgIpc) is 3.45. The third kappa shape index (κ3) is 5.92. The Morgan fingerprint density at radius 3 is 2.54 bits per heavy atom. The van der Waals surface area contributed by atoms with Gasteiger partial charge in [0.25, 0.3) is 0 Å². The van der Waals surface area contributed by atoms with Crippen LogP contribution in [0.2, 0.25) is 0 Å². The predicted molar refractivity (Wildman–Crippen MR) is 159 cm³/mol. The van der Waals surface area contributed by atoms with Gasteiger partial charge in [0, 0.05) is 33.7 Å². The number of fused-ring (bicyclic) bond motifs is 1. The first-order chi connectivity index (χ1) is 19.8. The molecule has 0 aliphatic carbocycles. The molecule has 0 fully saturated rings. The topological polar surface area (TPSA) is 138 Å². The van der Waals surface area contributed by atoms with Crippen LogP contribution in [-0.2, 0) is 5.41 Å². The van der Waals surface area contributed by atoms with E-state index < -0.39 is 11.4 Å². The quantitative estimate of drug-likeness (QED) is 0.178. The largest absolute Gasteiger partial charge is 0.493 e. The van der Waals surface area contributed by atoms with Crippen LogP contribution in [0.5, 0.6) is 11.5 Å². The molecule has 5 aromatic rings. The number of aromatic amines is 1. The highest BCUT2D eigenvalue weighted by Crippen LogP contribution is 2.38. The smallest absolute Gasteiger partial charge is 0.324 e. The molecular formula is C30H27N7O3S. The second-order valence-electron chi connectivity index (χ2n) is 9.56. The van der Waals surface area contributed by atoms with E-state index in [0.29, 0.717) is 28.7 Å². The van der Waals surface area contributed by atoms with E-state index in [9.17, 15) is 10.1 Å². The van der Waals surface area contributed by atoms with Crippen molar-refractivity contribution >= 4 is 40.2 Å². The van der Waals surface area contributed by atoms with Gasteiger partial charge in [-0.05, 0) is 43.7 Å². The van der Waals surface area contributed by atoms with E-state index in [2.05, 4.69) is 36.9 Å². The number of methoxy groups -OCH3 is 2. The minimum absolute atomic E-state index is 0.421. The van der Waals surface area contributed by atoms with Gasteiger partial charge >= 0.3 is 6.03 Å². The molecule has 0 aliphatic heterocycles. The molecule has 10 nitrogen and oxygen atoms in total. The number of nitrogens with zero attached hydrogens (tertiary/aromatic N) is 4. The van der Waals surface area contributed by atoms with Crippen LogP contribution in [0.4, 0.5) is 16.3 Å². The number of urea groups is 1. The summed E-state index contributed by atoms with van der Waals surface area (Å²) in [5, 5.41) is 24.0. The fourth-order valence-electron chi connectivity index (χ4n) is 4.31. The molecule has 11 heteroatoms. The molecule has 0 spiro atoms. The standard InChI is InChI=1S/C30H27N7O3S/c1-30(2,16-31)22-11-6-5-10-20(22)24-15-27(37-36-24)35-29(38)34-18-8-7-9-19(12-18)41-28-21-13-25(39-3)26(40-4)14-23(21)32-17-33-28/h5-15,17H,1-4H3,(H3,34,35,36,37,38). The number of carbonyl (C=O) groups is 1. The van der Waals surface area contributed by atoms with Crippen molar-refractivity contribution in [2.24, 2.45) is 0 Å². The van der Waals surface area contributed by atoms with Crippen LogP contribution in [0, 0.1) is 11.3 Å². The Balaban J connectivity index is 1.30. The molecule has 3 aromatic carbocycles. The van der Waals surface area contributed by atoms with E-state index in [1.54, 1.807) is 26.4 Å². The van der Waals surface area contributed by atoms with Crippen molar-refractivity contribution < 1.29 is 14.3 Å². The number of anilines is 2. The Bertz CT molecular complexity index is 1780. The van der Waals surface area contributed by atoms with E-state index in [1.165, 1.54) is 18.1 Å². The first-order valence-corrected chi connectivity index (χ1v) is 13.4. The molecule has 5 rings (SSSR count). The molecule has 0 bridgehead atoms. The maximum atomic E-state index is 12.8. The molecular weight excluding hydrogens is 538 g/mol. The molecule has 0 aliphatic rings. The number of benzene rings is 3. The van der Waals surface area contributed by atoms with Crippen LogP contribution >= 0.6 is 11.8 Å². The van der Waals surface area contributed by atoms with Gasteiger partial charge in [-0.3, -0.25) is 10.4 Å². The summed E-state index contributed by atoms with van der Waals surface area (Å²) in [6, 6.07) is 22.4. The highest BCUT2D eigenvalue weighted by Gasteiger charge is 2.24. The first kappa shape index (κ1) is 27.5. The molecule has 2 amide bonds. The number of hydrogen-bond acceptors (Lipinski definition) is 8. The molecule has 0 saturated carbocycles. The van der Waals surface area contributed by atoms with Crippen molar-refractivity contribution in [2.45, 2.75) is 29.2 Å². The zero-order valence-corrected chi connectivity index (χ0v) is 23.7. The van der Waals surface area contributed by atoms with Gasteiger partial charge in [-0.1, -0.05) is 42.1 Å². The van der Waals surface area contributed by atoms with E-state index in [1.807, 2.05) is 68.4 Å². The lowest BCUT2D eigenvalue weighted by Crippen LogP contribution is -2.19. The van der Waals surface area contributed by atoms with E-state index in [0.717, 1.165) is 32.0 Å². The summed E-state index contributed by atoms with van der Waals surface area (Å²) in [5.74, 6) is 1.60. The summed E-state index contributed by atoms with van der Waals surface area (Å²) in [6.07, 6.45) is 1.50. The Kier molecular flexibility index (Phi) is 7.76. The molecule has 206 valence electrons. The molecule has 41 heavy (non-hydrogen) atoms. The van der Waals surface area contributed by atoms with Crippen molar-refractivity contribution in [3.05, 3.63) is 78.6 Å². The Morgan fingerprint density at radius 1 is 0.976 bits per heavy atom. The predicted octanol–water partition coefficient (Wildman–Crippen LogP) is 6.63. The number of aromatic nitrogens is 4. The number of nitrogens with one attached hydrogen (secondary N) is 3. The number of amides is 2. The summed E-state index contributed by atoms with van der Waals surface area (Å²) < 4.78 is 10.8. The molecule has 0 atom stereocenters. The van der Waals surface area contributed by atoms with Crippen molar-refractivity contribution in [1.29, 1.82) is 5.26 Å². The highest BCUT2D eigenvalue weighted by molar-refractivity contribution is 7.99. The van der Waals surface area contributed by atoms with Crippen LogP contribution < -0.4 is 20.1 Å². The number of rotatable bonds is 8. The minimum Gasteiger partial charge on any atom is -0.493 e. The molecule has 2 heterocycles. The Hall–Kier alpha value is -5.08. The van der Waals surface area contributed by atoms with Gasteiger partial charge < -0.3 is 14.8 Å². The maximum absolute atomic E-state index is 12.8. The molecule has 0 saturated heterocycles. The summed E-state index contributed by atoms with van der Waals surface area (Å²) >= 11 is 1.44. The lowest BCUT2D eigenvalue weighted by molar-refractivity contribution is 0.262. The number of H-pyrrole nitrogens is 1. The number of carbonyl (C=O) groups excluding carboxylic acids is 1. The number of ether oxygens (including phenoxy) is 2. The zero-order chi connectivity index (χ0) is 29.0. The molecule has 2 aromatic heterocycles. The number of hydrogen-bond donors (Lipinski definition) is 3. The van der Waals surface area contributed by atoms with E-state index in [4.69, 9.17) is 9.47 Å². The van der Waals surface area contributed by atoms with Gasteiger partial charge in [0.05, 0.1) is 36.9 Å². The average molecular weight is 566 g/mol. The summed E-state index contributed by atoms with van der Waals surface area (Å²) in [4.78, 5) is 22.5. The summed E-state index contributed by atoms with van der Waals surface area (Å²) in [7, 11) is 3.16. The second-order valence-corrected chi connectivity index (χ2v) is 10.6. The maximum Gasteiger partial charge on any atom is 0.324 e. The number of nitriles is 1. The lowest BCUT2D eigenvalue weighted by atomic mass is 9.82. The van der Waals surface area contributed by atoms with Gasteiger partial charge in [-0.25, -0.2) is 14.8 Å². The van der Waals surface area contributed by atoms with E-state index >= 15 is 0 Å². The fraction of sp³-hybridized carbons (Fsp3) is 0.167. The van der Waals surface area contributed by atoms with Crippen LogP contribution in [0.25, 0.3) is 22.2 Å². The van der Waals surface area contributed by atoms with Crippen molar-refractivity contribution in [2.75, 3.05) is 24.9 Å². The van der Waals surface area contributed by atoms with Gasteiger partial charge in [-0.15, -0.1) is 0 Å². The zero-order valence-electron chi connectivity index (χ0n) is 22.9. The normalized spacial score (nSPS) is 11.1. The van der Waals surface area contributed by atoms with Gasteiger partial charge in [0.2, 0.25) is 0 Å². The molecule has 3 N–H and O–H groups in total. The summed E-state index contributed by atoms with van der Waals surface area (Å²) in [6.45, 7) is 3.72. The monoisotopic (exact) mass is 565 g/mol. The van der Waals surface area contributed by atoms with Gasteiger partial charge in [-0.2, -0.15) is 10.4 Å². The van der Waals surface area contributed by atoms with Crippen molar-refractivity contribution in [3.63, 3.8) is 0 Å². The van der Waals surface area contributed by atoms with Crippen LogP contribution in [0.3, 0.4) is 0 Å². The van der Waals surface area contributed by atoms with Crippen molar-refractivity contribution in [1.82, 2.24) is 20.2 Å². The van der Waals surface area contributed by atoms with E-state index in [-0.39, 0.29) is 0 Å². The van der Waals surface area contributed by atoms with Gasteiger partial charge in [0.1, 0.15) is 17.2 Å². The lowest BCUT2D eigenvalue weighted by Gasteiger charge is -2.18. The van der Waals surface area contributed by atoms with Crippen LogP contribution in [0.15, 0.2) is 83.0 Å². The van der Waals surface area contributed by atoms with Crippen molar-refractivity contribution in [3.8, 4) is 28.8 Å². The first-order valence-electron chi connectivity index (χ1n) is 12.6. The fourth-order valence-corrected chi connectivity index (χ4v) is 5.24. The minimum atomic E-state index is -0.694. The van der Waals surface area contributed by atoms with Crippen LogP contribution in [-0.4, -0.2) is 40.4 Å². The van der Waals surface area contributed by atoms with Gasteiger partial charge in [0.15, 0.2) is 11.5 Å². The summed E-state index contributed by atoms with van der Waals surface area (Å²) in [5.41, 5.74) is 2.94. The Labute approximate surface area is 241 Å². The third-order valence-electron chi connectivity index (χ3n) is 6.39. The second kappa shape index (κ2) is 11.6. The Morgan fingerprint density at radius 2 is 1.76 bits per heavy atom. The third-order valence-corrected chi connectivity index (χ3v) is 7.40. The molecule has 0 radical (unpaired) electrons.